The van der Waals surface area contributed by atoms with Gasteiger partial charge < -0.3 is 14.8 Å². The van der Waals surface area contributed by atoms with Crippen LogP contribution in [0.4, 0.5) is 0 Å². The van der Waals surface area contributed by atoms with Crippen LogP contribution in [0.3, 0.4) is 0 Å². The van der Waals surface area contributed by atoms with Crippen molar-refractivity contribution in [3.63, 3.8) is 0 Å². The molecule has 15 heavy (non-hydrogen) atoms. The zero-order chi connectivity index (χ0) is 11.4. The van der Waals surface area contributed by atoms with Gasteiger partial charge in [0.25, 0.3) is 5.78 Å². The Bertz CT molecular complexity index is 406. The lowest BCUT2D eigenvalue weighted by molar-refractivity contribution is -0.139. The zero-order valence-electron chi connectivity index (χ0n) is 7.94. The number of methoxy groups -OCH3 is 1. The third kappa shape index (κ3) is 2.67. The first-order chi connectivity index (χ1) is 7.04. The van der Waals surface area contributed by atoms with Crippen LogP contribution in [-0.4, -0.2) is 34.9 Å². The molecule has 6 heteroatoms. The van der Waals surface area contributed by atoms with E-state index in [1.165, 1.54) is 19.4 Å². The van der Waals surface area contributed by atoms with E-state index in [0.29, 0.717) is 5.69 Å². The molecule has 1 heterocycles. The Labute approximate surface area is 84.9 Å². The van der Waals surface area contributed by atoms with Gasteiger partial charge in [0.05, 0.1) is 13.5 Å². The molecule has 0 aliphatic rings. The maximum Gasteiger partial charge on any atom is 0.377 e. The van der Waals surface area contributed by atoms with Crippen LogP contribution in [0.2, 0.25) is 0 Å². The summed E-state index contributed by atoms with van der Waals surface area (Å²) in [6, 6.07) is 1.31. The monoisotopic (exact) mass is 211 g/mol. The molecular weight excluding hydrogens is 202 g/mol. The number of hydrogen-bond acceptors (Lipinski definition) is 4. The van der Waals surface area contributed by atoms with E-state index in [0.717, 1.165) is 0 Å². The van der Waals surface area contributed by atoms with Gasteiger partial charge in [-0.1, -0.05) is 0 Å². The first-order valence-electron chi connectivity index (χ1n) is 4.06. The standard InChI is InChI=1S/C9H9NO5/c1-15-7(11)3-6-2-5(4-10-6)8(12)9(13)14/h2,4,10H,3H2,1H3,(H,13,14). The van der Waals surface area contributed by atoms with E-state index >= 15 is 0 Å². The molecule has 1 aromatic heterocycles. The van der Waals surface area contributed by atoms with Crippen LogP contribution in [0, 0.1) is 0 Å². The lowest BCUT2D eigenvalue weighted by Crippen LogP contribution is -2.11. The lowest BCUT2D eigenvalue weighted by atomic mass is 10.2. The first-order valence-corrected chi connectivity index (χ1v) is 4.06. The third-order valence-corrected chi connectivity index (χ3v) is 1.76. The average molecular weight is 211 g/mol. The number of aromatic nitrogens is 1. The highest BCUT2D eigenvalue weighted by atomic mass is 16.5. The highest BCUT2D eigenvalue weighted by molar-refractivity contribution is 6.39. The van der Waals surface area contributed by atoms with Gasteiger partial charge in [0.15, 0.2) is 0 Å². The molecule has 0 bridgehead atoms. The summed E-state index contributed by atoms with van der Waals surface area (Å²) in [6.45, 7) is 0. The van der Waals surface area contributed by atoms with Crippen molar-refractivity contribution in [2.45, 2.75) is 6.42 Å². The van der Waals surface area contributed by atoms with Crippen molar-refractivity contribution in [3.05, 3.63) is 23.5 Å². The number of hydrogen-bond donors (Lipinski definition) is 2. The molecule has 80 valence electrons. The van der Waals surface area contributed by atoms with Crippen LogP contribution in [0.5, 0.6) is 0 Å². The fraction of sp³-hybridized carbons (Fsp3) is 0.222. The van der Waals surface area contributed by atoms with Crippen LogP contribution in [-0.2, 0) is 20.7 Å². The molecule has 0 aromatic carbocycles. The Morgan fingerprint density at radius 3 is 2.67 bits per heavy atom. The molecule has 0 radical (unpaired) electrons. The van der Waals surface area contributed by atoms with Gasteiger partial charge in [-0.3, -0.25) is 9.59 Å². The first kappa shape index (κ1) is 11.0. The van der Waals surface area contributed by atoms with Crippen LogP contribution in [0.1, 0.15) is 16.1 Å². The number of Topliss-reactive ketones (excluding diaryl/α,β-unsaturated/α-hetero) is 1. The van der Waals surface area contributed by atoms with Gasteiger partial charge in [-0.25, -0.2) is 4.79 Å². The molecule has 0 unspecified atom stereocenters. The Morgan fingerprint density at radius 1 is 1.47 bits per heavy atom. The van der Waals surface area contributed by atoms with Crippen LogP contribution >= 0.6 is 0 Å². The molecule has 0 saturated carbocycles. The number of ketones is 1. The number of carboxylic acids is 1. The fourth-order valence-electron chi connectivity index (χ4n) is 1.03. The largest absolute Gasteiger partial charge is 0.475 e. The molecule has 6 nitrogen and oxygen atoms in total. The number of carboxylic acid groups (broad SMARTS) is 1. The summed E-state index contributed by atoms with van der Waals surface area (Å²) in [7, 11) is 1.24. The SMILES string of the molecule is COC(=O)Cc1cc(C(=O)C(=O)O)c[nH]1. The van der Waals surface area contributed by atoms with Gasteiger partial charge in [0, 0.05) is 17.5 Å². The summed E-state index contributed by atoms with van der Waals surface area (Å²) in [4.78, 5) is 34.8. The normalized spacial score (nSPS) is 9.67. The molecule has 1 aromatic rings. The minimum Gasteiger partial charge on any atom is -0.475 e. The maximum atomic E-state index is 11.0. The maximum absolute atomic E-state index is 11.0. The molecular formula is C9H9NO5. The number of rotatable bonds is 4. The summed E-state index contributed by atoms with van der Waals surface area (Å²) < 4.78 is 4.41. The van der Waals surface area contributed by atoms with Gasteiger partial charge >= 0.3 is 11.9 Å². The van der Waals surface area contributed by atoms with E-state index < -0.39 is 17.7 Å². The molecule has 0 fully saturated rings. The predicted octanol–water partition coefficient (Wildman–Crippen LogP) is -0.00250. The topological polar surface area (TPSA) is 96.5 Å². The summed E-state index contributed by atoms with van der Waals surface area (Å²) in [5, 5.41) is 8.42. The van der Waals surface area contributed by atoms with Gasteiger partial charge in [-0.05, 0) is 6.07 Å². The quantitative estimate of drug-likeness (QED) is 0.415. The summed E-state index contributed by atoms with van der Waals surface area (Å²) in [5.41, 5.74) is 0.452. The summed E-state index contributed by atoms with van der Waals surface area (Å²) >= 11 is 0. The van der Waals surface area contributed by atoms with Crippen LogP contribution in [0.15, 0.2) is 12.3 Å². The van der Waals surface area contributed by atoms with Crippen LogP contribution < -0.4 is 0 Å². The highest BCUT2D eigenvalue weighted by Gasteiger charge is 2.16. The van der Waals surface area contributed by atoms with Crippen molar-refractivity contribution in [2.24, 2.45) is 0 Å². The second-order valence-corrected chi connectivity index (χ2v) is 2.80. The number of esters is 1. The van der Waals surface area contributed by atoms with Crippen molar-refractivity contribution in [1.82, 2.24) is 4.98 Å². The third-order valence-electron chi connectivity index (χ3n) is 1.76. The van der Waals surface area contributed by atoms with Gasteiger partial charge in [-0.2, -0.15) is 0 Å². The summed E-state index contributed by atoms with van der Waals surface area (Å²) in [5.74, 6) is -3.01. The van der Waals surface area contributed by atoms with E-state index in [9.17, 15) is 14.4 Å². The molecule has 2 N–H and O–H groups in total. The molecule has 0 aliphatic carbocycles. The van der Waals surface area contributed by atoms with E-state index in [1.807, 2.05) is 0 Å². The van der Waals surface area contributed by atoms with Gasteiger partial charge in [0.2, 0.25) is 0 Å². The molecule has 0 saturated heterocycles. The summed E-state index contributed by atoms with van der Waals surface area (Å²) in [6.07, 6.45) is 1.22. The number of carbonyl (C=O) groups excluding carboxylic acids is 2. The van der Waals surface area contributed by atoms with Crippen molar-refractivity contribution in [1.29, 1.82) is 0 Å². The minimum absolute atomic E-state index is 0.0152. The van der Waals surface area contributed by atoms with E-state index in [2.05, 4.69) is 9.72 Å². The Kier molecular flexibility index (Phi) is 3.22. The van der Waals surface area contributed by atoms with Gasteiger partial charge in [-0.15, -0.1) is 0 Å². The number of carbonyl (C=O) groups is 3. The second-order valence-electron chi connectivity index (χ2n) is 2.80. The number of aromatic amines is 1. The Balaban J connectivity index is 2.76. The van der Waals surface area contributed by atoms with Crippen LogP contribution in [0.25, 0.3) is 0 Å². The van der Waals surface area contributed by atoms with E-state index in [1.54, 1.807) is 0 Å². The Hall–Kier alpha value is -2.11. The zero-order valence-corrected chi connectivity index (χ0v) is 7.94. The molecule has 1 rings (SSSR count). The van der Waals surface area contributed by atoms with Crippen molar-refractivity contribution < 1.29 is 24.2 Å². The second kappa shape index (κ2) is 4.41. The smallest absolute Gasteiger partial charge is 0.377 e. The van der Waals surface area contributed by atoms with Crippen molar-refractivity contribution in [3.8, 4) is 0 Å². The fourth-order valence-corrected chi connectivity index (χ4v) is 1.03. The molecule has 0 aliphatic heterocycles. The average Bonchev–Trinajstić information content (AvgIpc) is 2.64. The molecule has 0 atom stereocenters. The number of aliphatic carboxylic acids is 1. The van der Waals surface area contributed by atoms with E-state index in [-0.39, 0.29) is 12.0 Å². The Morgan fingerprint density at radius 2 is 2.13 bits per heavy atom. The number of ether oxygens (including phenoxy) is 1. The lowest BCUT2D eigenvalue weighted by Gasteiger charge is -1.94. The van der Waals surface area contributed by atoms with Gasteiger partial charge in [0.1, 0.15) is 0 Å². The van der Waals surface area contributed by atoms with Crippen molar-refractivity contribution in [2.75, 3.05) is 7.11 Å². The highest BCUT2D eigenvalue weighted by Crippen LogP contribution is 2.06. The number of nitrogens with one attached hydrogen (secondary N) is 1. The van der Waals surface area contributed by atoms with Crippen molar-refractivity contribution >= 4 is 17.7 Å². The predicted molar refractivity (Wildman–Crippen MR) is 48.5 cm³/mol. The van der Waals surface area contributed by atoms with E-state index in [4.69, 9.17) is 5.11 Å². The number of H-pyrrole nitrogens is 1. The molecule has 0 spiro atoms. The minimum atomic E-state index is -1.53. The molecule has 0 amide bonds.